The molecule has 2 aliphatic heterocycles. The predicted octanol–water partition coefficient (Wildman–Crippen LogP) is 2.31. The molecule has 2 aliphatic rings. The van der Waals surface area contributed by atoms with Gasteiger partial charge in [-0.1, -0.05) is 36.8 Å². The van der Waals surface area contributed by atoms with E-state index in [0.29, 0.717) is 13.0 Å². The van der Waals surface area contributed by atoms with Crippen molar-refractivity contribution in [2.24, 2.45) is 5.92 Å². The summed E-state index contributed by atoms with van der Waals surface area (Å²) in [7, 11) is 0. The number of benzene rings is 1. The number of piperidine rings is 1. The minimum atomic E-state index is -0.127. The largest absolute Gasteiger partial charge is 0.354 e. The normalized spacial score (nSPS) is 18.6. The molecule has 0 aliphatic carbocycles. The number of aryl methyl sites for hydroxylation is 1. The van der Waals surface area contributed by atoms with Gasteiger partial charge in [0.15, 0.2) is 0 Å². The van der Waals surface area contributed by atoms with Gasteiger partial charge in [-0.05, 0) is 63.4 Å². The molecule has 152 valence electrons. The van der Waals surface area contributed by atoms with Crippen molar-refractivity contribution in [2.75, 3.05) is 32.7 Å². The number of nitrogens with zero attached hydrogens (tertiary/aromatic N) is 2. The van der Waals surface area contributed by atoms with E-state index in [-0.39, 0.29) is 18.4 Å². The molecule has 0 saturated carbocycles. The predicted molar refractivity (Wildman–Crippen MR) is 111 cm³/mol. The number of amides is 2. The molecule has 2 heterocycles. The second-order valence-corrected chi connectivity index (χ2v) is 8.01. The van der Waals surface area contributed by atoms with Crippen LogP contribution in [-0.4, -0.2) is 54.4 Å². The van der Waals surface area contributed by atoms with Gasteiger partial charge in [0.05, 0.1) is 5.70 Å². The highest BCUT2D eigenvalue weighted by Crippen LogP contribution is 2.18. The Bertz CT molecular complexity index is 706. The zero-order valence-corrected chi connectivity index (χ0v) is 17.0. The Kier molecular flexibility index (Phi) is 7.09. The van der Waals surface area contributed by atoms with Gasteiger partial charge in [-0.3, -0.25) is 15.0 Å². The Morgan fingerprint density at radius 1 is 1.21 bits per heavy atom. The molecule has 1 saturated heterocycles. The molecular weight excluding hydrogens is 352 g/mol. The average Bonchev–Trinajstić information content (AvgIpc) is 2.69. The SMILES string of the molecule is Cc1ccc(C2=CCC(=O)N(CC(=O)NCCCN3CCC(C)CC3)N2)cc1. The third-order valence-electron chi connectivity index (χ3n) is 5.55. The molecule has 0 radical (unpaired) electrons. The topological polar surface area (TPSA) is 64.7 Å². The van der Waals surface area contributed by atoms with Crippen molar-refractivity contribution in [2.45, 2.75) is 39.5 Å². The number of hydrazine groups is 1. The quantitative estimate of drug-likeness (QED) is 0.708. The Morgan fingerprint density at radius 3 is 2.64 bits per heavy atom. The first-order chi connectivity index (χ1) is 13.5. The maximum atomic E-state index is 12.3. The minimum Gasteiger partial charge on any atom is -0.354 e. The van der Waals surface area contributed by atoms with E-state index in [0.717, 1.165) is 43.2 Å². The van der Waals surface area contributed by atoms with E-state index in [9.17, 15) is 9.59 Å². The van der Waals surface area contributed by atoms with Crippen molar-refractivity contribution in [1.82, 2.24) is 20.7 Å². The summed E-state index contributed by atoms with van der Waals surface area (Å²) < 4.78 is 0. The van der Waals surface area contributed by atoms with E-state index in [4.69, 9.17) is 0 Å². The maximum Gasteiger partial charge on any atom is 0.245 e. The highest BCUT2D eigenvalue weighted by atomic mass is 16.2. The summed E-state index contributed by atoms with van der Waals surface area (Å²) in [5.74, 6) is 0.621. The molecule has 1 aromatic rings. The van der Waals surface area contributed by atoms with E-state index in [1.54, 1.807) is 0 Å². The zero-order valence-electron chi connectivity index (χ0n) is 17.0. The van der Waals surface area contributed by atoms with Crippen molar-refractivity contribution in [3.63, 3.8) is 0 Å². The van der Waals surface area contributed by atoms with Crippen LogP contribution >= 0.6 is 0 Å². The summed E-state index contributed by atoms with van der Waals surface area (Å²) in [6, 6.07) is 8.11. The fourth-order valence-corrected chi connectivity index (χ4v) is 3.61. The van der Waals surface area contributed by atoms with Crippen molar-refractivity contribution >= 4 is 17.5 Å². The Labute approximate surface area is 167 Å². The lowest BCUT2D eigenvalue weighted by Gasteiger charge is -2.30. The molecule has 0 atom stereocenters. The summed E-state index contributed by atoms with van der Waals surface area (Å²) in [5.41, 5.74) is 6.16. The molecule has 2 amide bonds. The molecule has 2 N–H and O–H groups in total. The van der Waals surface area contributed by atoms with Crippen LogP contribution in [-0.2, 0) is 9.59 Å². The average molecular weight is 385 g/mol. The van der Waals surface area contributed by atoms with Crippen LogP contribution in [0.1, 0.15) is 43.7 Å². The second-order valence-electron chi connectivity index (χ2n) is 8.01. The van der Waals surface area contributed by atoms with E-state index in [1.807, 2.05) is 37.3 Å². The van der Waals surface area contributed by atoms with Gasteiger partial charge in [-0.2, -0.15) is 0 Å². The van der Waals surface area contributed by atoms with E-state index in [2.05, 4.69) is 22.6 Å². The van der Waals surface area contributed by atoms with Gasteiger partial charge in [0, 0.05) is 13.0 Å². The molecule has 0 unspecified atom stereocenters. The standard InChI is InChI=1S/C22H32N4O2/c1-17-4-6-19(7-5-17)20-8-9-22(28)26(24-20)16-21(27)23-12-3-13-25-14-10-18(2)11-15-25/h4-8,18,24H,3,9-16H2,1-2H3,(H,23,27). The Morgan fingerprint density at radius 2 is 1.93 bits per heavy atom. The minimum absolute atomic E-state index is 0.0310. The van der Waals surface area contributed by atoms with Crippen LogP contribution in [0.2, 0.25) is 0 Å². The van der Waals surface area contributed by atoms with Crippen molar-refractivity contribution in [3.05, 3.63) is 41.5 Å². The summed E-state index contributed by atoms with van der Waals surface area (Å²) in [5, 5.41) is 4.36. The summed E-state index contributed by atoms with van der Waals surface area (Å²) in [6.45, 7) is 8.38. The van der Waals surface area contributed by atoms with Gasteiger partial charge in [0.1, 0.15) is 6.54 Å². The first kappa shape index (κ1) is 20.4. The Hall–Kier alpha value is -2.34. The number of nitrogens with one attached hydrogen (secondary N) is 2. The van der Waals surface area contributed by atoms with Crippen LogP contribution in [0.3, 0.4) is 0 Å². The van der Waals surface area contributed by atoms with Crippen molar-refractivity contribution < 1.29 is 9.59 Å². The molecular formula is C22H32N4O2. The van der Waals surface area contributed by atoms with Crippen LogP contribution in [0.25, 0.3) is 5.70 Å². The molecule has 6 nitrogen and oxygen atoms in total. The zero-order chi connectivity index (χ0) is 19.9. The van der Waals surface area contributed by atoms with Crippen molar-refractivity contribution in [1.29, 1.82) is 0 Å². The molecule has 28 heavy (non-hydrogen) atoms. The fraction of sp³-hybridized carbons (Fsp3) is 0.545. The lowest BCUT2D eigenvalue weighted by molar-refractivity contribution is -0.137. The van der Waals surface area contributed by atoms with Gasteiger partial charge in [0.25, 0.3) is 0 Å². The highest BCUT2D eigenvalue weighted by Gasteiger charge is 2.22. The third kappa shape index (κ3) is 5.83. The monoisotopic (exact) mass is 384 g/mol. The van der Waals surface area contributed by atoms with Crippen molar-refractivity contribution in [3.8, 4) is 0 Å². The maximum absolute atomic E-state index is 12.3. The third-order valence-corrected chi connectivity index (χ3v) is 5.55. The van der Waals surface area contributed by atoms with Gasteiger partial charge < -0.3 is 10.2 Å². The molecule has 0 bridgehead atoms. The molecule has 1 fully saturated rings. The van der Waals surface area contributed by atoms with Crippen LogP contribution in [0.15, 0.2) is 30.3 Å². The molecule has 1 aromatic carbocycles. The summed E-state index contributed by atoms with van der Waals surface area (Å²) in [6.07, 6.45) is 5.66. The number of hydrogen-bond acceptors (Lipinski definition) is 4. The van der Waals surface area contributed by atoms with E-state index in [1.165, 1.54) is 23.4 Å². The number of rotatable bonds is 7. The molecule has 0 spiro atoms. The van der Waals surface area contributed by atoms with Gasteiger partial charge >= 0.3 is 0 Å². The van der Waals surface area contributed by atoms with E-state index >= 15 is 0 Å². The van der Waals surface area contributed by atoms with Gasteiger partial charge in [-0.15, -0.1) is 0 Å². The number of carbonyl (C=O) groups excluding carboxylic acids is 2. The lowest BCUT2D eigenvalue weighted by atomic mass is 9.99. The van der Waals surface area contributed by atoms with Crippen LogP contribution < -0.4 is 10.7 Å². The first-order valence-corrected chi connectivity index (χ1v) is 10.3. The molecule has 0 aromatic heterocycles. The van der Waals surface area contributed by atoms with Gasteiger partial charge in [0.2, 0.25) is 11.8 Å². The molecule has 3 rings (SSSR count). The summed E-state index contributed by atoms with van der Waals surface area (Å²) >= 11 is 0. The van der Waals surface area contributed by atoms with Crippen LogP contribution in [0, 0.1) is 12.8 Å². The second kappa shape index (κ2) is 9.73. The van der Waals surface area contributed by atoms with E-state index < -0.39 is 0 Å². The lowest BCUT2D eigenvalue weighted by Crippen LogP contribution is -2.49. The Balaban J connectivity index is 1.40. The number of carbonyl (C=O) groups is 2. The summed E-state index contributed by atoms with van der Waals surface area (Å²) in [4.78, 5) is 26.9. The van der Waals surface area contributed by atoms with Crippen LogP contribution in [0.4, 0.5) is 0 Å². The molecule has 6 heteroatoms. The highest BCUT2D eigenvalue weighted by molar-refractivity contribution is 5.88. The number of hydrogen-bond donors (Lipinski definition) is 2. The smallest absolute Gasteiger partial charge is 0.245 e. The van der Waals surface area contributed by atoms with Crippen LogP contribution in [0.5, 0.6) is 0 Å². The first-order valence-electron chi connectivity index (χ1n) is 10.3. The van der Waals surface area contributed by atoms with Gasteiger partial charge in [-0.25, -0.2) is 5.01 Å². The number of likely N-dealkylation sites (tertiary alicyclic amines) is 1. The fourth-order valence-electron chi connectivity index (χ4n) is 3.61.